The summed E-state index contributed by atoms with van der Waals surface area (Å²) in [5.41, 5.74) is 1.43. The molecule has 5 nitrogen and oxygen atoms in total. The highest BCUT2D eigenvalue weighted by atomic mass is 35.5. The number of carbonyl (C=O) groups excluding carboxylic acids is 1. The smallest absolute Gasteiger partial charge is 0.191 e. The fourth-order valence-electron chi connectivity index (χ4n) is 2.80. The van der Waals surface area contributed by atoms with Crippen molar-refractivity contribution in [2.45, 2.75) is 32.0 Å². The minimum Gasteiger partial charge on any atom is -0.495 e. The standard InChI is InChI=1S/C22H28ClNO4.ClH/c1-3-11-24-14-18(25)15-28-21(22(26)17-7-5-4-6-8-17)13-16-9-10-20(27-2)19(23)12-16;/h4-10,12,18,21,24-25H,3,11,13-15H2,1-2H3;1H. The summed E-state index contributed by atoms with van der Waals surface area (Å²) < 4.78 is 11.0. The number of methoxy groups -OCH3 is 1. The number of hydrogen-bond donors (Lipinski definition) is 2. The molecule has 0 heterocycles. The summed E-state index contributed by atoms with van der Waals surface area (Å²) in [7, 11) is 1.56. The van der Waals surface area contributed by atoms with Crippen LogP contribution in [0.15, 0.2) is 48.5 Å². The number of aliphatic hydroxyl groups is 1. The number of halogens is 2. The van der Waals surface area contributed by atoms with Crippen LogP contribution < -0.4 is 10.1 Å². The summed E-state index contributed by atoms with van der Waals surface area (Å²) >= 11 is 6.21. The average molecular weight is 442 g/mol. The lowest BCUT2D eigenvalue weighted by Crippen LogP contribution is -2.35. The highest BCUT2D eigenvalue weighted by Crippen LogP contribution is 2.26. The Morgan fingerprint density at radius 3 is 2.55 bits per heavy atom. The predicted molar refractivity (Wildman–Crippen MR) is 119 cm³/mol. The summed E-state index contributed by atoms with van der Waals surface area (Å²) in [5.74, 6) is 0.455. The maximum absolute atomic E-state index is 13.0. The van der Waals surface area contributed by atoms with Gasteiger partial charge in [0.15, 0.2) is 5.78 Å². The first-order valence-corrected chi connectivity index (χ1v) is 9.85. The van der Waals surface area contributed by atoms with E-state index < -0.39 is 12.2 Å². The lowest BCUT2D eigenvalue weighted by atomic mass is 9.99. The van der Waals surface area contributed by atoms with Gasteiger partial charge in [-0.2, -0.15) is 0 Å². The molecule has 2 aromatic carbocycles. The molecule has 0 aliphatic heterocycles. The number of aliphatic hydroxyl groups excluding tert-OH is 1. The van der Waals surface area contributed by atoms with Crippen LogP contribution in [0.25, 0.3) is 0 Å². The Labute approximate surface area is 183 Å². The molecule has 2 rings (SSSR count). The molecular formula is C22H29Cl2NO4. The second-order valence-corrected chi connectivity index (χ2v) is 6.99. The molecule has 0 amide bonds. The van der Waals surface area contributed by atoms with Gasteiger partial charge in [0.2, 0.25) is 0 Å². The fourth-order valence-corrected chi connectivity index (χ4v) is 3.08. The van der Waals surface area contributed by atoms with Gasteiger partial charge in [0.1, 0.15) is 11.9 Å². The molecule has 0 aliphatic carbocycles. The highest BCUT2D eigenvalue weighted by molar-refractivity contribution is 6.32. The highest BCUT2D eigenvalue weighted by Gasteiger charge is 2.23. The first kappa shape index (κ1) is 25.4. The van der Waals surface area contributed by atoms with Crippen molar-refractivity contribution in [2.75, 3.05) is 26.8 Å². The molecule has 0 saturated carbocycles. The molecule has 0 saturated heterocycles. The minimum absolute atomic E-state index is 0. The second kappa shape index (κ2) is 13.6. The Balaban J connectivity index is 0.00000420. The van der Waals surface area contributed by atoms with Crippen LogP contribution in [-0.2, 0) is 11.2 Å². The van der Waals surface area contributed by atoms with Gasteiger partial charge in [-0.3, -0.25) is 4.79 Å². The zero-order valence-corrected chi connectivity index (χ0v) is 18.3. The number of ether oxygens (including phenoxy) is 2. The monoisotopic (exact) mass is 441 g/mol. The van der Waals surface area contributed by atoms with Gasteiger partial charge in [-0.05, 0) is 30.7 Å². The summed E-state index contributed by atoms with van der Waals surface area (Å²) in [6.07, 6.45) is -0.0576. The quantitative estimate of drug-likeness (QED) is 0.385. The minimum atomic E-state index is -0.715. The van der Waals surface area contributed by atoms with Gasteiger partial charge in [-0.25, -0.2) is 0 Å². The lowest BCUT2D eigenvalue weighted by Gasteiger charge is -2.20. The van der Waals surface area contributed by atoms with Crippen LogP contribution in [0.5, 0.6) is 5.75 Å². The number of nitrogens with one attached hydrogen (secondary N) is 1. The topological polar surface area (TPSA) is 67.8 Å². The molecule has 2 atom stereocenters. The Morgan fingerprint density at radius 1 is 1.21 bits per heavy atom. The van der Waals surface area contributed by atoms with Crippen molar-refractivity contribution in [3.05, 3.63) is 64.7 Å². The van der Waals surface area contributed by atoms with E-state index in [1.54, 1.807) is 31.4 Å². The zero-order valence-electron chi connectivity index (χ0n) is 16.8. The van der Waals surface area contributed by atoms with E-state index in [4.69, 9.17) is 21.1 Å². The molecule has 160 valence electrons. The van der Waals surface area contributed by atoms with Crippen molar-refractivity contribution in [3.8, 4) is 5.75 Å². The maximum atomic E-state index is 13.0. The Morgan fingerprint density at radius 2 is 1.93 bits per heavy atom. The van der Waals surface area contributed by atoms with Gasteiger partial charge >= 0.3 is 0 Å². The first-order chi connectivity index (χ1) is 13.5. The van der Waals surface area contributed by atoms with Crippen LogP contribution in [0.2, 0.25) is 5.02 Å². The molecule has 7 heteroatoms. The van der Waals surface area contributed by atoms with Gasteiger partial charge in [0.05, 0.1) is 24.8 Å². The van der Waals surface area contributed by atoms with Gasteiger partial charge in [0, 0.05) is 18.5 Å². The van der Waals surface area contributed by atoms with E-state index in [1.807, 2.05) is 24.3 Å². The van der Waals surface area contributed by atoms with Crippen LogP contribution in [0, 0.1) is 0 Å². The zero-order chi connectivity index (χ0) is 20.4. The number of carbonyl (C=O) groups is 1. The van der Waals surface area contributed by atoms with Crippen molar-refractivity contribution in [1.29, 1.82) is 0 Å². The molecular weight excluding hydrogens is 413 g/mol. The van der Waals surface area contributed by atoms with Gasteiger partial charge in [-0.1, -0.05) is 54.9 Å². The normalized spacial score (nSPS) is 12.7. The van der Waals surface area contributed by atoms with Gasteiger partial charge in [-0.15, -0.1) is 12.4 Å². The third-order valence-electron chi connectivity index (χ3n) is 4.28. The van der Waals surface area contributed by atoms with Crippen LogP contribution in [0.3, 0.4) is 0 Å². The average Bonchev–Trinajstić information content (AvgIpc) is 2.71. The Hall–Kier alpha value is -1.63. The van der Waals surface area contributed by atoms with E-state index in [0.29, 0.717) is 29.3 Å². The molecule has 0 bridgehead atoms. The number of hydrogen-bond acceptors (Lipinski definition) is 5. The molecule has 0 aromatic heterocycles. The van der Waals surface area contributed by atoms with Crippen molar-refractivity contribution in [1.82, 2.24) is 5.32 Å². The summed E-state index contributed by atoms with van der Waals surface area (Å²) in [6, 6.07) is 14.4. The van der Waals surface area contributed by atoms with Gasteiger partial charge in [0.25, 0.3) is 0 Å². The number of rotatable bonds is 12. The van der Waals surface area contributed by atoms with Crippen LogP contribution >= 0.6 is 24.0 Å². The Kier molecular flexibility index (Phi) is 11.9. The second-order valence-electron chi connectivity index (χ2n) is 6.58. The SMILES string of the molecule is CCCNCC(O)COC(Cc1ccc(OC)c(Cl)c1)C(=O)c1ccccc1.Cl. The van der Waals surface area contributed by atoms with E-state index >= 15 is 0 Å². The molecule has 2 aromatic rings. The third kappa shape index (κ3) is 8.33. The lowest BCUT2D eigenvalue weighted by molar-refractivity contribution is -0.00162. The maximum Gasteiger partial charge on any atom is 0.191 e. The van der Waals surface area contributed by atoms with Crippen molar-refractivity contribution >= 4 is 29.8 Å². The third-order valence-corrected chi connectivity index (χ3v) is 4.58. The van der Waals surface area contributed by atoms with Crippen molar-refractivity contribution < 1.29 is 19.4 Å². The fraction of sp³-hybridized carbons (Fsp3) is 0.409. The molecule has 2 unspecified atom stereocenters. The van der Waals surface area contributed by atoms with Crippen LogP contribution in [-0.4, -0.2) is 49.9 Å². The molecule has 0 aliphatic rings. The van der Waals surface area contributed by atoms with E-state index in [1.165, 1.54) is 0 Å². The Bertz CT molecular complexity index is 743. The largest absolute Gasteiger partial charge is 0.495 e. The number of Topliss-reactive ketones (excluding diaryl/α,β-unsaturated/α-hetero) is 1. The first-order valence-electron chi connectivity index (χ1n) is 9.47. The number of benzene rings is 2. The van der Waals surface area contributed by atoms with Gasteiger partial charge < -0.3 is 19.9 Å². The van der Waals surface area contributed by atoms with E-state index in [2.05, 4.69) is 12.2 Å². The molecule has 2 N–H and O–H groups in total. The summed E-state index contributed by atoms with van der Waals surface area (Å²) in [4.78, 5) is 13.0. The van der Waals surface area contributed by atoms with E-state index in [0.717, 1.165) is 18.5 Å². The summed E-state index contributed by atoms with van der Waals surface area (Å²) in [5, 5.41) is 13.7. The van der Waals surface area contributed by atoms with E-state index in [9.17, 15) is 9.90 Å². The molecule has 0 radical (unpaired) electrons. The number of ketones is 1. The van der Waals surface area contributed by atoms with Crippen molar-refractivity contribution in [2.24, 2.45) is 0 Å². The van der Waals surface area contributed by atoms with E-state index in [-0.39, 0.29) is 24.8 Å². The van der Waals surface area contributed by atoms with Crippen LogP contribution in [0.4, 0.5) is 0 Å². The molecule has 0 fully saturated rings. The molecule has 0 spiro atoms. The van der Waals surface area contributed by atoms with Crippen molar-refractivity contribution in [3.63, 3.8) is 0 Å². The predicted octanol–water partition coefficient (Wildman–Crippen LogP) is 3.94. The molecule has 29 heavy (non-hydrogen) atoms. The summed E-state index contributed by atoms with van der Waals surface area (Å²) in [6.45, 7) is 3.39. The van der Waals surface area contributed by atoms with Crippen LogP contribution in [0.1, 0.15) is 29.3 Å².